The van der Waals surface area contributed by atoms with E-state index in [0.717, 1.165) is 18.9 Å². The standard InChI is InChI=1S/C15H32N2O/c1-7-11(8-2)12(17(5)6)10-16-13-9-14(18)15(13,3)4/h11-14,16,18H,7-10H2,1-6H3. The summed E-state index contributed by atoms with van der Waals surface area (Å²) in [6.07, 6.45) is 3.23. The zero-order chi connectivity index (χ0) is 13.9. The van der Waals surface area contributed by atoms with Crippen LogP contribution >= 0.6 is 0 Å². The van der Waals surface area contributed by atoms with E-state index in [1.165, 1.54) is 12.8 Å². The SMILES string of the molecule is CCC(CC)C(CNC1CC(O)C1(C)C)N(C)C. The zero-order valence-corrected chi connectivity index (χ0v) is 13.0. The quantitative estimate of drug-likeness (QED) is 0.732. The predicted molar refractivity (Wildman–Crippen MR) is 77.7 cm³/mol. The van der Waals surface area contributed by atoms with Crippen molar-refractivity contribution >= 4 is 0 Å². The van der Waals surface area contributed by atoms with Gasteiger partial charge in [-0.1, -0.05) is 40.5 Å². The van der Waals surface area contributed by atoms with Crippen LogP contribution in [0, 0.1) is 11.3 Å². The molecule has 3 unspecified atom stereocenters. The van der Waals surface area contributed by atoms with Crippen molar-refractivity contribution in [3.05, 3.63) is 0 Å². The molecule has 1 rings (SSSR count). The van der Waals surface area contributed by atoms with Crippen molar-refractivity contribution < 1.29 is 5.11 Å². The molecule has 3 heteroatoms. The van der Waals surface area contributed by atoms with Gasteiger partial charge in [-0.3, -0.25) is 0 Å². The number of hydrogen-bond acceptors (Lipinski definition) is 3. The van der Waals surface area contributed by atoms with E-state index in [9.17, 15) is 5.11 Å². The largest absolute Gasteiger partial charge is 0.392 e. The van der Waals surface area contributed by atoms with Crippen LogP contribution in [0.1, 0.15) is 47.0 Å². The second kappa shape index (κ2) is 6.36. The highest BCUT2D eigenvalue weighted by Crippen LogP contribution is 2.40. The van der Waals surface area contributed by atoms with Crippen molar-refractivity contribution in [3.63, 3.8) is 0 Å². The lowest BCUT2D eigenvalue weighted by Gasteiger charge is -2.50. The lowest BCUT2D eigenvalue weighted by atomic mass is 9.64. The molecular weight excluding hydrogens is 224 g/mol. The minimum Gasteiger partial charge on any atom is -0.392 e. The third-order valence-electron chi connectivity index (χ3n) is 5.05. The molecule has 0 bridgehead atoms. The number of nitrogens with one attached hydrogen (secondary N) is 1. The fourth-order valence-electron chi connectivity index (χ4n) is 3.12. The number of likely N-dealkylation sites (N-methyl/N-ethyl adjacent to an activating group) is 1. The van der Waals surface area contributed by atoms with Gasteiger partial charge < -0.3 is 15.3 Å². The van der Waals surface area contributed by atoms with Gasteiger partial charge in [-0.15, -0.1) is 0 Å². The Kier molecular flexibility index (Phi) is 5.63. The Balaban J connectivity index is 2.49. The molecule has 1 saturated carbocycles. The van der Waals surface area contributed by atoms with E-state index in [4.69, 9.17) is 0 Å². The summed E-state index contributed by atoms with van der Waals surface area (Å²) in [6, 6.07) is 1.05. The molecule has 1 aliphatic rings. The van der Waals surface area contributed by atoms with E-state index in [-0.39, 0.29) is 11.5 Å². The second-order valence-corrected chi connectivity index (χ2v) is 6.64. The maximum atomic E-state index is 9.77. The summed E-state index contributed by atoms with van der Waals surface area (Å²) in [6.45, 7) is 9.89. The Morgan fingerprint density at radius 1 is 1.28 bits per heavy atom. The monoisotopic (exact) mass is 256 g/mol. The summed E-state index contributed by atoms with van der Waals surface area (Å²) in [5.41, 5.74) is 0.0325. The smallest absolute Gasteiger partial charge is 0.0621 e. The highest BCUT2D eigenvalue weighted by molar-refractivity contribution is 5.02. The maximum absolute atomic E-state index is 9.77. The van der Waals surface area contributed by atoms with Gasteiger partial charge in [0.1, 0.15) is 0 Å². The first-order chi connectivity index (χ1) is 8.34. The Labute approximate surface area is 113 Å². The molecule has 0 heterocycles. The molecule has 1 aliphatic carbocycles. The minimum absolute atomic E-state index is 0.0325. The zero-order valence-electron chi connectivity index (χ0n) is 13.0. The lowest BCUT2D eigenvalue weighted by molar-refractivity contribution is -0.0742. The summed E-state index contributed by atoms with van der Waals surface area (Å²) in [5.74, 6) is 0.751. The number of hydrogen-bond donors (Lipinski definition) is 2. The van der Waals surface area contributed by atoms with Crippen LogP contribution < -0.4 is 5.32 Å². The number of aliphatic hydroxyl groups excluding tert-OH is 1. The molecule has 3 atom stereocenters. The van der Waals surface area contributed by atoms with Crippen LogP contribution in [-0.2, 0) is 0 Å². The van der Waals surface area contributed by atoms with E-state index in [2.05, 4.69) is 52.0 Å². The van der Waals surface area contributed by atoms with Crippen molar-refractivity contribution in [2.75, 3.05) is 20.6 Å². The van der Waals surface area contributed by atoms with Gasteiger partial charge in [0.05, 0.1) is 6.10 Å². The first kappa shape index (κ1) is 15.9. The molecule has 0 aromatic heterocycles. The van der Waals surface area contributed by atoms with Crippen LogP contribution in [0.15, 0.2) is 0 Å². The molecule has 0 aromatic rings. The van der Waals surface area contributed by atoms with Crippen molar-refractivity contribution in [3.8, 4) is 0 Å². The molecule has 18 heavy (non-hydrogen) atoms. The van der Waals surface area contributed by atoms with Gasteiger partial charge in [0, 0.05) is 24.0 Å². The fourth-order valence-corrected chi connectivity index (χ4v) is 3.12. The van der Waals surface area contributed by atoms with E-state index < -0.39 is 0 Å². The Morgan fingerprint density at radius 2 is 1.83 bits per heavy atom. The lowest BCUT2D eigenvalue weighted by Crippen LogP contribution is -2.61. The van der Waals surface area contributed by atoms with Crippen LogP contribution in [0.5, 0.6) is 0 Å². The van der Waals surface area contributed by atoms with E-state index in [0.29, 0.717) is 12.1 Å². The van der Waals surface area contributed by atoms with Gasteiger partial charge >= 0.3 is 0 Å². The van der Waals surface area contributed by atoms with E-state index in [1.54, 1.807) is 0 Å². The molecule has 0 saturated heterocycles. The Hall–Kier alpha value is -0.120. The number of nitrogens with zero attached hydrogens (tertiary/aromatic N) is 1. The molecule has 1 fully saturated rings. The van der Waals surface area contributed by atoms with Gasteiger partial charge in [-0.05, 0) is 26.4 Å². The normalized spacial score (nSPS) is 28.5. The Morgan fingerprint density at radius 3 is 2.17 bits per heavy atom. The molecular formula is C15H32N2O. The predicted octanol–water partition coefficient (Wildman–Crippen LogP) is 2.10. The van der Waals surface area contributed by atoms with Gasteiger partial charge in [-0.25, -0.2) is 0 Å². The van der Waals surface area contributed by atoms with Crippen LogP contribution in [0.3, 0.4) is 0 Å². The first-order valence-corrected chi connectivity index (χ1v) is 7.42. The minimum atomic E-state index is -0.138. The van der Waals surface area contributed by atoms with E-state index >= 15 is 0 Å². The molecule has 0 amide bonds. The summed E-state index contributed by atoms with van der Waals surface area (Å²) in [4.78, 5) is 2.34. The number of rotatable bonds is 7. The molecule has 0 radical (unpaired) electrons. The van der Waals surface area contributed by atoms with Crippen LogP contribution in [0.4, 0.5) is 0 Å². The first-order valence-electron chi connectivity index (χ1n) is 7.42. The van der Waals surface area contributed by atoms with Crippen molar-refractivity contribution in [1.29, 1.82) is 0 Å². The summed E-state index contributed by atoms with van der Waals surface area (Å²) in [7, 11) is 4.34. The van der Waals surface area contributed by atoms with Crippen molar-refractivity contribution in [1.82, 2.24) is 10.2 Å². The molecule has 108 valence electrons. The molecule has 0 aromatic carbocycles. The van der Waals surface area contributed by atoms with Gasteiger partial charge in [0.15, 0.2) is 0 Å². The topological polar surface area (TPSA) is 35.5 Å². The molecule has 3 nitrogen and oxygen atoms in total. The van der Waals surface area contributed by atoms with Crippen LogP contribution in [-0.4, -0.2) is 48.8 Å². The van der Waals surface area contributed by atoms with Gasteiger partial charge in [0.25, 0.3) is 0 Å². The fraction of sp³-hybridized carbons (Fsp3) is 1.00. The van der Waals surface area contributed by atoms with Crippen molar-refractivity contribution in [2.24, 2.45) is 11.3 Å². The highest BCUT2D eigenvalue weighted by atomic mass is 16.3. The average molecular weight is 256 g/mol. The van der Waals surface area contributed by atoms with Gasteiger partial charge in [0.2, 0.25) is 0 Å². The van der Waals surface area contributed by atoms with Crippen LogP contribution in [0.2, 0.25) is 0 Å². The average Bonchev–Trinajstić information content (AvgIpc) is 2.32. The van der Waals surface area contributed by atoms with Crippen LogP contribution in [0.25, 0.3) is 0 Å². The highest BCUT2D eigenvalue weighted by Gasteiger charge is 2.47. The number of aliphatic hydroxyl groups is 1. The second-order valence-electron chi connectivity index (χ2n) is 6.64. The maximum Gasteiger partial charge on any atom is 0.0621 e. The van der Waals surface area contributed by atoms with Gasteiger partial charge in [-0.2, -0.15) is 0 Å². The van der Waals surface area contributed by atoms with E-state index in [1.807, 2.05) is 0 Å². The third kappa shape index (κ3) is 3.25. The molecule has 0 spiro atoms. The third-order valence-corrected chi connectivity index (χ3v) is 5.05. The molecule has 2 N–H and O–H groups in total. The Bertz CT molecular complexity index is 249. The summed E-state index contributed by atoms with van der Waals surface area (Å²) in [5, 5.41) is 13.4. The summed E-state index contributed by atoms with van der Waals surface area (Å²) >= 11 is 0. The summed E-state index contributed by atoms with van der Waals surface area (Å²) < 4.78 is 0. The molecule has 0 aliphatic heterocycles. The van der Waals surface area contributed by atoms with Crippen molar-refractivity contribution in [2.45, 2.75) is 65.1 Å².